The molecule has 1 aromatic carbocycles. The van der Waals surface area contributed by atoms with E-state index < -0.39 is 0 Å². The highest BCUT2D eigenvalue weighted by Gasteiger charge is 2.13. The molecule has 1 amide bonds. The Labute approximate surface area is 153 Å². The summed E-state index contributed by atoms with van der Waals surface area (Å²) < 4.78 is 0. The molecule has 0 radical (unpaired) electrons. The van der Waals surface area contributed by atoms with Crippen LogP contribution in [0.15, 0.2) is 67.1 Å². The van der Waals surface area contributed by atoms with Crippen LogP contribution in [0.1, 0.15) is 21.6 Å². The van der Waals surface area contributed by atoms with E-state index in [1.807, 2.05) is 49.4 Å². The van der Waals surface area contributed by atoms with Crippen LogP contribution >= 0.6 is 0 Å². The van der Waals surface area contributed by atoms with Gasteiger partial charge < -0.3 is 10.2 Å². The summed E-state index contributed by atoms with van der Waals surface area (Å²) in [4.78, 5) is 22.6. The molecule has 0 saturated heterocycles. The van der Waals surface area contributed by atoms with E-state index in [1.165, 1.54) is 0 Å². The minimum atomic E-state index is -0.0903. The van der Waals surface area contributed by atoms with Crippen molar-refractivity contribution in [2.45, 2.75) is 13.3 Å². The number of nitrogens with one attached hydrogen (secondary N) is 1. The molecule has 0 spiro atoms. The molecule has 0 aliphatic carbocycles. The fraction of sp³-hybridized carbons (Fsp3) is 0.190. The zero-order valence-electron chi connectivity index (χ0n) is 15.0. The Morgan fingerprint density at radius 3 is 2.62 bits per heavy atom. The van der Waals surface area contributed by atoms with Crippen LogP contribution in [-0.2, 0) is 6.42 Å². The molecule has 5 heteroatoms. The number of nitrogens with zero attached hydrogens (tertiary/aromatic N) is 3. The van der Waals surface area contributed by atoms with Crippen LogP contribution in [0.2, 0.25) is 0 Å². The number of hydrogen-bond donors (Lipinski definition) is 1. The third-order valence-corrected chi connectivity index (χ3v) is 4.24. The molecular formula is C21H22N4O. The third kappa shape index (κ3) is 4.45. The molecule has 0 atom stereocenters. The highest BCUT2D eigenvalue weighted by Crippen LogP contribution is 2.20. The van der Waals surface area contributed by atoms with Gasteiger partial charge in [-0.05, 0) is 54.8 Å². The molecule has 26 heavy (non-hydrogen) atoms. The first-order valence-electron chi connectivity index (χ1n) is 8.56. The lowest BCUT2D eigenvalue weighted by molar-refractivity contribution is 0.0791. The zero-order valence-corrected chi connectivity index (χ0v) is 15.0. The average Bonchev–Trinajstić information content (AvgIpc) is 2.68. The Morgan fingerprint density at radius 2 is 1.85 bits per heavy atom. The maximum absolute atomic E-state index is 12.7. The van der Waals surface area contributed by atoms with Crippen molar-refractivity contribution in [1.29, 1.82) is 0 Å². The van der Waals surface area contributed by atoms with Gasteiger partial charge in [0.05, 0.1) is 0 Å². The number of aryl methyl sites for hydroxylation is 1. The molecule has 0 fully saturated rings. The summed E-state index contributed by atoms with van der Waals surface area (Å²) in [6.07, 6.45) is 5.97. The summed E-state index contributed by atoms with van der Waals surface area (Å²) in [6, 6.07) is 15.6. The second kappa shape index (κ2) is 8.25. The summed E-state index contributed by atoms with van der Waals surface area (Å²) >= 11 is 0. The van der Waals surface area contributed by atoms with Crippen LogP contribution in [0.3, 0.4) is 0 Å². The molecule has 1 N–H and O–H groups in total. The van der Waals surface area contributed by atoms with E-state index in [0.29, 0.717) is 12.2 Å². The third-order valence-electron chi connectivity index (χ3n) is 4.24. The van der Waals surface area contributed by atoms with Crippen LogP contribution in [0.4, 0.5) is 11.4 Å². The highest BCUT2D eigenvalue weighted by atomic mass is 16.2. The van der Waals surface area contributed by atoms with Gasteiger partial charge in [-0.1, -0.05) is 18.2 Å². The average molecular weight is 346 g/mol. The van der Waals surface area contributed by atoms with E-state index in [9.17, 15) is 4.79 Å². The summed E-state index contributed by atoms with van der Waals surface area (Å²) in [7, 11) is 1.80. The van der Waals surface area contributed by atoms with Gasteiger partial charge in [0, 0.05) is 43.6 Å². The molecule has 3 rings (SSSR count). The molecule has 0 aliphatic heterocycles. The second-order valence-electron chi connectivity index (χ2n) is 6.20. The Kier molecular flexibility index (Phi) is 5.59. The van der Waals surface area contributed by atoms with E-state index in [-0.39, 0.29) is 5.91 Å². The lowest BCUT2D eigenvalue weighted by Crippen LogP contribution is -2.29. The number of amides is 1. The SMILES string of the molecule is Cc1ccccc1Nc1ccnc(C(=O)N(C)CCc2ccncc2)c1. The van der Waals surface area contributed by atoms with Gasteiger partial charge in [-0.3, -0.25) is 14.8 Å². The fourth-order valence-corrected chi connectivity index (χ4v) is 2.64. The van der Waals surface area contributed by atoms with Crippen molar-refractivity contribution in [3.8, 4) is 0 Å². The molecular weight excluding hydrogens is 324 g/mol. The Hall–Kier alpha value is -3.21. The number of hydrogen-bond acceptors (Lipinski definition) is 4. The monoisotopic (exact) mass is 346 g/mol. The number of para-hydroxylation sites is 1. The van der Waals surface area contributed by atoms with Gasteiger partial charge >= 0.3 is 0 Å². The van der Waals surface area contributed by atoms with Gasteiger partial charge in [0.25, 0.3) is 5.91 Å². The number of rotatable bonds is 6. The van der Waals surface area contributed by atoms with Crippen LogP contribution in [-0.4, -0.2) is 34.4 Å². The lowest BCUT2D eigenvalue weighted by Gasteiger charge is -2.17. The number of aromatic nitrogens is 2. The summed E-state index contributed by atoms with van der Waals surface area (Å²) in [6.45, 7) is 2.67. The number of pyridine rings is 2. The van der Waals surface area contributed by atoms with E-state index in [2.05, 4.69) is 15.3 Å². The van der Waals surface area contributed by atoms with Crippen LogP contribution in [0, 0.1) is 6.92 Å². The van der Waals surface area contributed by atoms with E-state index in [1.54, 1.807) is 36.6 Å². The number of likely N-dealkylation sites (N-methyl/N-ethyl adjacent to an activating group) is 1. The van der Waals surface area contributed by atoms with Gasteiger partial charge in [-0.2, -0.15) is 0 Å². The Bertz CT molecular complexity index is 880. The first-order chi connectivity index (χ1) is 12.6. The van der Waals surface area contributed by atoms with Crippen molar-refractivity contribution in [2.75, 3.05) is 18.9 Å². The second-order valence-corrected chi connectivity index (χ2v) is 6.20. The first kappa shape index (κ1) is 17.6. The molecule has 0 aliphatic rings. The summed E-state index contributed by atoms with van der Waals surface area (Å²) in [5.41, 5.74) is 4.60. The van der Waals surface area contributed by atoms with Crippen molar-refractivity contribution in [3.63, 3.8) is 0 Å². The summed E-state index contributed by atoms with van der Waals surface area (Å²) in [5.74, 6) is -0.0903. The minimum absolute atomic E-state index is 0.0903. The van der Waals surface area contributed by atoms with Gasteiger partial charge in [-0.15, -0.1) is 0 Å². The topological polar surface area (TPSA) is 58.1 Å². The minimum Gasteiger partial charge on any atom is -0.355 e. The number of benzene rings is 1. The van der Waals surface area contributed by atoms with Crippen LogP contribution in [0.5, 0.6) is 0 Å². The lowest BCUT2D eigenvalue weighted by atomic mass is 10.2. The van der Waals surface area contributed by atoms with Crippen molar-refractivity contribution in [2.24, 2.45) is 0 Å². The molecule has 3 aromatic rings. The fourth-order valence-electron chi connectivity index (χ4n) is 2.64. The Balaban J connectivity index is 1.66. The number of carbonyl (C=O) groups is 1. The Morgan fingerprint density at radius 1 is 1.08 bits per heavy atom. The van der Waals surface area contributed by atoms with Gasteiger partial charge in [0.1, 0.15) is 5.69 Å². The standard InChI is InChI=1S/C21H22N4O/c1-16-5-3-4-6-19(16)24-18-9-13-23-20(15-18)21(26)25(2)14-10-17-7-11-22-12-8-17/h3-9,11-13,15H,10,14H2,1-2H3,(H,23,24). The molecule has 2 aromatic heterocycles. The van der Waals surface area contributed by atoms with E-state index in [4.69, 9.17) is 0 Å². The number of carbonyl (C=O) groups excluding carboxylic acids is 1. The molecule has 2 heterocycles. The molecule has 0 bridgehead atoms. The number of anilines is 2. The van der Waals surface area contributed by atoms with Crippen molar-refractivity contribution >= 4 is 17.3 Å². The van der Waals surface area contributed by atoms with Gasteiger partial charge in [0.2, 0.25) is 0 Å². The zero-order chi connectivity index (χ0) is 18.4. The predicted octanol–water partition coefficient (Wildman–Crippen LogP) is 3.84. The van der Waals surface area contributed by atoms with E-state index in [0.717, 1.165) is 28.9 Å². The molecule has 0 unspecified atom stereocenters. The normalized spacial score (nSPS) is 10.4. The first-order valence-corrected chi connectivity index (χ1v) is 8.56. The summed E-state index contributed by atoms with van der Waals surface area (Å²) in [5, 5.41) is 3.35. The maximum Gasteiger partial charge on any atom is 0.272 e. The van der Waals surface area contributed by atoms with Crippen molar-refractivity contribution in [3.05, 3.63) is 83.9 Å². The predicted molar refractivity (Wildman–Crippen MR) is 104 cm³/mol. The maximum atomic E-state index is 12.7. The van der Waals surface area contributed by atoms with Gasteiger partial charge in [-0.25, -0.2) is 0 Å². The van der Waals surface area contributed by atoms with Crippen molar-refractivity contribution < 1.29 is 4.79 Å². The molecule has 132 valence electrons. The largest absolute Gasteiger partial charge is 0.355 e. The van der Waals surface area contributed by atoms with Gasteiger partial charge in [0.15, 0.2) is 0 Å². The van der Waals surface area contributed by atoms with Crippen LogP contribution < -0.4 is 5.32 Å². The van der Waals surface area contributed by atoms with Crippen molar-refractivity contribution in [1.82, 2.24) is 14.9 Å². The van der Waals surface area contributed by atoms with E-state index >= 15 is 0 Å². The molecule has 0 saturated carbocycles. The highest BCUT2D eigenvalue weighted by molar-refractivity contribution is 5.93. The quantitative estimate of drug-likeness (QED) is 0.737. The van der Waals surface area contributed by atoms with Crippen LogP contribution in [0.25, 0.3) is 0 Å². The smallest absolute Gasteiger partial charge is 0.272 e. The molecule has 5 nitrogen and oxygen atoms in total.